The highest BCUT2D eigenvalue weighted by Gasteiger charge is 2.14. The molecule has 0 aromatic carbocycles. The second-order valence-corrected chi connectivity index (χ2v) is 6.63. The zero-order valence-electron chi connectivity index (χ0n) is 9.79. The van der Waals surface area contributed by atoms with Gasteiger partial charge in [0, 0.05) is 12.4 Å². The largest absolute Gasteiger partial charge is 0.215 e. The van der Waals surface area contributed by atoms with Crippen molar-refractivity contribution in [3.63, 3.8) is 0 Å². The van der Waals surface area contributed by atoms with Gasteiger partial charge < -0.3 is 0 Å². The number of sulfonamides is 1. The molecule has 0 aromatic rings. The van der Waals surface area contributed by atoms with Crippen molar-refractivity contribution in [2.24, 2.45) is 11.8 Å². The Kier molecular flexibility index (Phi) is 7.57. The maximum atomic E-state index is 11.5. The van der Waals surface area contributed by atoms with Crippen molar-refractivity contribution in [2.75, 3.05) is 18.2 Å². The molecular weight excluding hydrogens is 234 g/mol. The molecule has 0 radical (unpaired) electrons. The van der Waals surface area contributed by atoms with Gasteiger partial charge in [0.05, 0.1) is 5.75 Å². The van der Waals surface area contributed by atoms with Gasteiger partial charge in [-0.25, -0.2) is 13.1 Å². The van der Waals surface area contributed by atoms with Gasteiger partial charge in [-0.15, -0.1) is 11.6 Å². The molecule has 1 unspecified atom stereocenters. The molecule has 0 heterocycles. The van der Waals surface area contributed by atoms with Gasteiger partial charge in [-0.05, 0) is 24.7 Å². The Morgan fingerprint density at radius 2 is 1.87 bits per heavy atom. The van der Waals surface area contributed by atoms with Crippen LogP contribution in [0.25, 0.3) is 0 Å². The lowest BCUT2D eigenvalue weighted by Gasteiger charge is -2.10. The Hall–Kier alpha value is 0.200. The van der Waals surface area contributed by atoms with E-state index in [1.165, 1.54) is 0 Å². The molecule has 0 amide bonds. The first-order valence-electron chi connectivity index (χ1n) is 5.40. The minimum atomic E-state index is -3.13. The van der Waals surface area contributed by atoms with Crippen molar-refractivity contribution in [3.8, 4) is 0 Å². The number of halogens is 1. The van der Waals surface area contributed by atoms with Crippen LogP contribution in [-0.2, 0) is 10.0 Å². The summed E-state index contributed by atoms with van der Waals surface area (Å²) in [4.78, 5) is 0. The molecule has 0 spiro atoms. The summed E-state index contributed by atoms with van der Waals surface area (Å²) in [5.41, 5.74) is 0. The molecule has 0 saturated carbocycles. The van der Waals surface area contributed by atoms with Crippen LogP contribution >= 0.6 is 11.6 Å². The van der Waals surface area contributed by atoms with E-state index >= 15 is 0 Å². The van der Waals surface area contributed by atoms with Crippen molar-refractivity contribution in [1.82, 2.24) is 4.72 Å². The molecule has 0 aromatic heterocycles. The van der Waals surface area contributed by atoms with E-state index < -0.39 is 10.0 Å². The number of nitrogens with one attached hydrogen (secondary N) is 1. The van der Waals surface area contributed by atoms with Gasteiger partial charge in [0.1, 0.15) is 0 Å². The molecule has 0 aliphatic rings. The predicted octanol–water partition coefficient (Wildman–Crippen LogP) is 2.22. The number of hydrogen-bond acceptors (Lipinski definition) is 2. The zero-order chi connectivity index (χ0) is 11.9. The highest BCUT2D eigenvalue weighted by atomic mass is 35.5. The smallest absolute Gasteiger partial charge is 0.211 e. The van der Waals surface area contributed by atoms with E-state index in [-0.39, 0.29) is 11.7 Å². The van der Waals surface area contributed by atoms with E-state index in [1.54, 1.807) is 0 Å². The molecule has 0 saturated heterocycles. The number of rotatable bonds is 8. The quantitative estimate of drug-likeness (QED) is 0.534. The van der Waals surface area contributed by atoms with Gasteiger partial charge in [-0.1, -0.05) is 20.8 Å². The van der Waals surface area contributed by atoms with E-state index in [0.717, 1.165) is 12.8 Å². The van der Waals surface area contributed by atoms with Crippen LogP contribution in [0.15, 0.2) is 0 Å². The monoisotopic (exact) mass is 255 g/mol. The van der Waals surface area contributed by atoms with Crippen LogP contribution in [0.5, 0.6) is 0 Å². The van der Waals surface area contributed by atoms with Gasteiger partial charge in [-0.2, -0.15) is 0 Å². The van der Waals surface area contributed by atoms with Crippen LogP contribution in [0.3, 0.4) is 0 Å². The second kappa shape index (κ2) is 7.47. The topological polar surface area (TPSA) is 46.2 Å². The molecule has 5 heteroatoms. The van der Waals surface area contributed by atoms with E-state index in [0.29, 0.717) is 18.3 Å². The third-order valence-corrected chi connectivity index (χ3v) is 4.23. The van der Waals surface area contributed by atoms with Crippen molar-refractivity contribution < 1.29 is 8.42 Å². The summed E-state index contributed by atoms with van der Waals surface area (Å²) in [6.45, 7) is 6.63. The molecule has 1 atom stereocenters. The van der Waals surface area contributed by atoms with E-state index in [1.807, 2.05) is 6.92 Å². The highest BCUT2D eigenvalue weighted by Crippen LogP contribution is 2.04. The van der Waals surface area contributed by atoms with E-state index in [2.05, 4.69) is 18.6 Å². The fourth-order valence-corrected chi connectivity index (χ4v) is 2.89. The molecule has 0 aliphatic carbocycles. The minimum Gasteiger partial charge on any atom is -0.215 e. The van der Waals surface area contributed by atoms with Crippen LogP contribution in [0.1, 0.15) is 33.6 Å². The normalized spacial score (nSPS) is 14.5. The van der Waals surface area contributed by atoms with Gasteiger partial charge in [0.15, 0.2) is 0 Å². The predicted molar refractivity (Wildman–Crippen MR) is 65.7 cm³/mol. The summed E-state index contributed by atoms with van der Waals surface area (Å²) in [5.74, 6) is 1.14. The zero-order valence-corrected chi connectivity index (χ0v) is 11.4. The third-order valence-electron chi connectivity index (χ3n) is 2.05. The number of alkyl halides is 1. The summed E-state index contributed by atoms with van der Waals surface area (Å²) in [6.07, 6.45) is 1.94. The molecule has 1 N–H and O–H groups in total. The van der Waals surface area contributed by atoms with Crippen LogP contribution in [-0.4, -0.2) is 26.6 Å². The molecular formula is C10H22ClNO2S. The van der Waals surface area contributed by atoms with Gasteiger partial charge >= 0.3 is 0 Å². The second-order valence-electron chi connectivity index (χ2n) is 4.47. The van der Waals surface area contributed by atoms with Gasteiger partial charge in [0.2, 0.25) is 10.0 Å². The third kappa shape index (κ3) is 9.15. The standard InChI is InChI=1S/C10H22ClNO2S/c1-9(2)5-4-6-12-15(13,14)8-10(3)7-11/h9-10,12H,4-8H2,1-3H3. The summed E-state index contributed by atoms with van der Waals surface area (Å²) < 4.78 is 25.5. The summed E-state index contributed by atoms with van der Waals surface area (Å²) in [6, 6.07) is 0. The Balaban J connectivity index is 3.75. The molecule has 0 fully saturated rings. The maximum Gasteiger partial charge on any atom is 0.211 e. The maximum absolute atomic E-state index is 11.5. The van der Waals surface area contributed by atoms with E-state index in [4.69, 9.17) is 11.6 Å². The van der Waals surface area contributed by atoms with Crippen LogP contribution in [0.2, 0.25) is 0 Å². The average molecular weight is 256 g/mol. The molecule has 0 aliphatic heterocycles. The summed E-state index contributed by atoms with van der Waals surface area (Å²) in [7, 11) is -3.13. The lowest BCUT2D eigenvalue weighted by Crippen LogP contribution is -2.30. The SMILES string of the molecule is CC(C)CCCNS(=O)(=O)CC(C)CCl. The number of hydrogen-bond donors (Lipinski definition) is 1. The molecule has 0 bridgehead atoms. The molecule has 15 heavy (non-hydrogen) atoms. The summed E-state index contributed by atoms with van der Waals surface area (Å²) >= 11 is 5.57. The van der Waals surface area contributed by atoms with Crippen molar-refractivity contribution in [2.45, 2.75) is 33.6 Å². The Morgan fingerprint density at radius 3 is 2.33 bits per heavy atom. The first-order valence-corrected chi connectivity index (χ1v) is 7.59. The van der Waals surface area contributed by atoms with Crippen molar-refractivity contribution in [1.29, 1.82) is 0 Å². The molecule has 0 rings (SSSR count). The van der Waals surface area contributed by atoms with Crippen LogP contribution in [0, 0.1) is 11.8 Å². The van der Waals surface area contributed by atoms with Crippen molar-refractivity contribution in [3.05, 3.63) is 0 Å². The van der Waals surface area contributed by atoms with Crippen LogP contribution in [0.4, 0.5) is 0 Å². The van der Waals surface area contributed by atoms with Crippen molar-refractivity contribution >= 4 is 21.6 Å². The lowest BCUT2D eigenvalue weighted by atomic mass is 10.1. The van der Waals surface area contributed by atoms with Crippen LogP contribution < -0.4 is 4.72 Å². The first kappa shape index (κ1) is 15.2. The average Bonchev–Trinajstić information content (AvgIpc) is 2.11. The van der Waals surface area contributed by atoms with Gasteiger partial charge in [-0.3, -0.25) is 0 Å². The Bertz CT molecular complexity index is 252. The molecule has 3 nitrogen and oxygen atoms in total. The summed E-state index contributed by atoms with van der Waals surface area (Å²) in [5, 5.41) is 0. The lowest BCUT2D eigenvalue weighted by molar-refractivity contribution is 0.536. The fraction of sp³-hybridized carbons (Fsp3) is 1.00. The minimum absolute atomic E-state index is 0.00858. The van der Waals surface area contributed by atoms with E-state index in [9.17, 15) is 8.42 Å². The Labute approximate surface area is 98.6 Å². The Morgan fingerprint density at radius 1 is 1.27 bits per heavy atom. The first-order chi connectivity index (χ1) is 6.87. The fourth-order valence-electron chi connectivity index (χ4n) is 1.22. The van der Waals surface area contributed by atoms with Gasteiger partial charge in [0.25, 0.3) is 0 Å². The molecule has 92 valence electrons. The highest BCUT2D eigenvalue weighted by molar-refractivity contribution is 7.89.